The van der Waals surface area contributed by atoms with Crippen LogP contribution in [-0.4, -0.2) is 29.9 Å². The van der Waals surface area contributed by atoms with Gasteiger partial charge in [-0.2, -0.15) is 5.10 Å². The highest BCUT2D eigenvalue weighted by atomic mass is 16.6. The molecule has 0 spiro atoms. The Hall–Kier alpha value is -3.10. The third-order valence-corrected chi connectivity index (χ3v) is 6.90. The van der Waals surface area contributed by atoms with Crippen LogP contribution in [0.15, 0.2) is 35.0 Å². The minimum atomic E-state index is -0.413. The van der Waals surface area contributed by atoms with Crippen LogP contribution in [0.3, 0.4) is 0 Å². The predicted octanol–water partition coefficient (Wildman–Crippen LogP) is 3.83. The summed E-state index contributed by atoms with van der Waals surface area (Å²) in [5.41, 5.74) is 0.466. The highest BCUT2D eigenvalue weighted by molar-refractivity contribution is 5.62. The molecule has 4 fully saturated rings. The molecule has 0 unspecified atom stereocenters. The maximum Gasteiger partial charge on any atom is 0.320 e. The van der Waals surface area contributed by atoms with Gasteiger partial charge in [0, 0.05) is 6.20 Å². The van der Waals surface area contributed by atoms with E-state index in [0.29, 0.717) is 23.4 Å². The summed E-state index contributed by atoms with van der Waals surface area (Å²) >= 11 is 0. The predicted molar refractivity (Wildman–Crippen MR) is 102 cm³/mol. The Labute approximate surface area is 166 Å². The standard InChI is InChI=1S/C20H20N6O3/c27-26(28)16-11-25(20-8-12-5-13(9-20)7-14(6-12)10-20)24-17(16)19-23-22-18(29-19)15-3-1-2-4-21-15/h1-4,11-14H,5-10H2. The maximum atomic E-state index is 11.8. The number of hydrogen-bond acceptors (Lipinski definition) is 7. The summed E-state index contributed by atoms with van der Waals surface area (Å²) in [5.74, 6) is 2.42. The van der Waals surface area contributed by atoms with Crippen LogP contribution in [0.5, 0.6) is 0 Å². The van der Waals surface area contributed by atoms with Gasteiger partial charge >= 0.3 is 5.69 Å². The molecule has 4 aliphatic carbocycles. The number of nitrogens with zero attached hydrogens (tertiary/aromatic N) is 6. The van der Waals surface area contributed by atoms with E-state index in [1.807, 2.05) is 10.7 Å². The SMILES string of the molecule is O=[N+]([O-])c1cn(C23CC4CC(CC(C4)C2)C3)nc1-c1nnc(-c2ccccn2)o1. The zero-order valence-electron chi connectivity index (χ0n) is 15.8. The molecule has 0 amide bonds. The first-order valence-electron chi connectivity index (χ1n) is 10.1. The van der Waals surface area contributed by atoms with Crippen molar-refractivity contribution < 1.29 is 9.34 Å². The lowest BCUT2D eigenvalue weighted by Gasteiger charge is -2.56. The van der Waals surface area contributed by atoms with Crippen molar-refractivity contribution >= 4 is 5.69 Å². The molecule has 4 aliphatic rings. The van der Waals surface area contributed by atoms with Gasteiger partial charge in [0.05, 0.1) is 10.5 Å². The van der Waals surface area contributed by atoms with Crippen LogP contribution in [0.25, 0.3) is 23.2 Å². The van der Waals surface area contributed by atoms with Gasteiger partial charge < -0.3 is 4.42 Å². The summed E-state index contributed by atoms with van der Waals surface area (Å²) in [7, 11) is 0. The summed E-state index contributed by atoms with van der Waals surface area (Å²) in [6.07, 6.45) is 10.3. The van der Waals surface area contributed by atoms with Crippen molar-refractivity contribution in [2.75, 3.05) is 0 Å². The Morgan fingerprint density at radius 2 is 1.76 bits per heavy atom. The molecular weight excluding hydrogens is 372 g/mol. The number of nitro groups is 1. The van der Waals surface area contributed by atoms with Crippen LogP contribution < -0.4 is 0 Å². The molecule has 3 aromatic rings. The molecular formula is C20H20N6O3. The van der Waals surface area contributed by atoms with Crippen molar-refractivity contribution in [3.05, 3.63) is 40.7 Å². The van der Waals surface area contributed by atoms with E-state index in [2.05, 4.69) is 20.3 Å². The average Bonchev–Trinajstić information content (AvgIpc) is 3.35. The normalized spacial score (nSPS) is 30.0. The molecule has 3 aromatic heterocycles. The molecule has 148 valence electrons. The van der Waals surface area contributed by atoms with Gasteiger partial charge in [0.1, 0.15) is 11.9 Å². The molecule has 0 aromatic carbocycles. The van der Waals surface area contributed by atoms with Crippen molar-refractivity contribution in [1.29, 1.82) is 0 Å². The fourth-order valence-corrected chi connectivity index (χ4v) is 6.15. The number of hydrogen-bond donors (Lipinski definition) is 0. The second-order valence-corrected chi connectivity index (χ2v) is 8.83. The van der Waals surface area contributed by atoms with E-state index < -0.39 is 4.92 Å². The summed E-state index contributed by atoms with van der Waals surface area (Å²) in [6.45, 7) is 0. The number of pyridine rings is 1. The van der Waals surface area contributed by atoms with E-state index >= 15 is 0 Å². The second kappa shape index (κ2) is 5.95. The van der Waals surface area contributed by atoms with Gasteiger partial charge in [-0.1, -0.05) is 6.07 Å². The molecule has 4 saturated carbocycles. The van der Waals surface area contributed by atoms with Crippen LogP contribution in [-0.2, 0) is 5.54 Å². The smallest absolute Gasteiger partial charge is 0.320 e. The monoisotopic (exact) mass is 392 g/mol. The third-order valence-electron chi connectivity index (χ3n) is 6.90. The van der Waals surface area contributed by atoms with Crippen molar-refractivity contribution in [1.82, 2.24) is 25.0 Å². The van der Waals surface area contributed by atoms with E-state index in [4.69, 9.17) is 4.42 Å². The van der Waals surface area contributed by atoms with Crippen molar-refractivity contribution in [3.63, 3.8) is 0 Å². The molecule has 9 nitrogen and oxygen atoms in total. The van der Waals surface area contributed by atoms with Crippen molar-refractivity contribution in [2.24, 2.45) is 17.8 Å². The summed E-state index contributed by atoms with van der Waals surface area (Å²) in [5, 5.41) is 24.5. The van der Waals surface area contributed by atoms with Crippen LogP contribution in [0, 0.1) is 27.9 Å². The maximum absolute atomic E-state index is 11.8. The van der Waals surface area contributed by atoms with Crippen molar-refractivity contribution in [3.8, 4) is 23.2 Å². The third kappa shape index (κ3) is 2.60. The van der Waals surface area contributed by atoms with E-state index in [1.54, 1.807) is 24.5 Å². The Morgan fingerprint density at radius 3 is 2.38 bits per heavy atom. The first-order chi connectivity index (χ1) is 14.1. The molecule has 0 saturated heterocycles. The first kappa shape index (κ1) is 16.8. The van der Waals surface area contributed by atoms with Gasteiger partial charge in [-0.25, -0.2) is 0 Å². The van der Waals surface area contributed by atoms with E-state index in [9.17, 15) is 10.1 Å². The van der Waals surface area contributed by atoms with Gasteiger partial charge in [0.2, 0.25) is 5.69 Å². The lowest BCUT2D eigenvalue weighted by Crippen LogP contribution is -2.52. The lowest BCUT2D eigenvalue weighted by atomic mass is 9.53. The number of rotatable bonds is 4. The Morgan fingerprint density at radius 1 is 1.07 bits per heavy atom. The fourth-order valence-electron chi connectivity index (χ4n) is 6.15. The van der Waals surface area contributed by atoms with E-state index in [-0.39, 0.29) is 28.7 Å². The van der Waals surface area contributed by atoms with Crippen LogP contribution >= 0.6 is 0 Å². The zero-order valence-corrected chi connectivity index (χ0v) is 15.8. The van der Waals surface area contributed by atoms with Gasteiger partial charge in [-0.05, 0) is 68.4 Å². The minimum absolute atomic E-state index is 0.0563. The van der Waals surface area contributed by atoms with Gasteiger partial charge in [-0.15, -0.1) is 10.2 Å². The van der Waals surface area contributed by atoms with Crippen LogP contribution in [0.1, 0.15) is 38.5 Å². The summed E-state index contributed by atoms with van der Waals surface area (Å²) in [6, 6.07) is 5.36. The first-order valence-corrected chi connectivity index (χ1v) is 10.1. The minimum Gasteiger partial charge on any atom is -0.413 e. The lowest BCUT2D eigenvalue weighted by molar-refractivity contribution is -0.384. The molecule has 9 heteroatoms. The largest absolute Gasteiger partial charge is 0.413 e. The van der Waals surface area contributed by atoms with Gasteiger partial charge in [0.25, 0.3) is 11.8 Å². The fraction of sp³-hybridized carbons (Fsp3) is 0.500. The quantitative estimate of drug-likeness (QED) is 0.490. The molecule has 0 aliphatic heterocycles. The Balaban J connectivity index is 1.41. The summed E-state index contributed by atoms with van der Waals surface area (Å²) < 4.78 is 7.57. The highest BCUT2D eigenvalue weighted by Gasteiger charge is 2.53. The molecule has 0 atom stereocenters. The Bertz CT molecular complexity index is 1050. The molecule has 0 N–H and O–H groups in total. The molecule has 7 rings (SSSR count). The second-order valence-electron chi connectivity index (χ2n) is 8.83. The average molecular weight is 392 g/mol. The number of aromatic nitrogens is 5. The van der Waals surface area contributed by atoms with Gasteiger partial charge in [0.15, 0.2) is 0 Å². The van der Waals surface area contributed by atoms with Gasteiger partial charge in [-0.3, -0.25) is 19.8 Å². The van der Waals surface area contributed by atoms with Crippen LogP contribution in [0.2, 0.25) is 0 Å². The highest BCUT2D eigenvalue weighted by Crippen LogP contribution is 2.59. The topological polar surface area (TPSA) is 113 Å². The molecule has 3 heterocycles. The van der Waals surface area contributed by atoms with E-state index in [0.717, 1.165) is 19.3 Å². The van der Waals surface area contributed by atoms with E-state index in [1.165, 1.54) is 19.3 Å². The molecule has 4 bridgehead atoms. The van der Waals surface area contributed by atoms with Crippen LogP contribution in [0.4, 0.5) is 5.69 Å². The summed E-state index contributed by atoms with van der Waals surface area (Å²) in [4.78, 5) is 15.5. The Kier molecular flexibility index (Phi) is 3.45. The molecule has 29 heavy (non-hydrogen) atoms. The molecule has 0 radical (unpaired) electrons. The van der Waals surface area contributed by atoms with Crippen molar-refractivity contribution in [2.45, 2.75) is 44.1 Å². The zero-order chi connectivity index (χ0) is 19.6.